The number of rotatable bonds is 7. The van der Waals surface area contributed by atoms with Gasteiger partial charge in [0.25, 0.3) is 0 Å². The Morgan fingerprint density at radius 3 is 1.82 bits per heavy atom. The Morgan fingerprint density at radius 2 is 1.05 bits per heavy atom. The fraction of sp³-hybridized carbons (Fsp3) is 0.0517. The maximum Gasteiger partial charge on any atom is 0.143 e. The van der Waals surface area contributed by atoms with Crippen molar-refractivity contribution < 1.29 is 8.83 Å². The molecule has 0 amide bonds. The molecule has 13 rings (SSSR count). The van der Waals surface area contributed by atoms with Gasteiger partial charge in [0.2, 0.25) is 0 Å². The lowest BCUT2D eigenvalue weighted by Gasteiger charge is -2.10. The highest BCUT2D eigenvalue weighted by Gasteiger charge is 2.19. The Labute approximate surface area is 391 Å². The molecule has 7 heteroatoms. The van der Waals surface area contributed by atoms with Gasteiger partial charge >= 0.3 is 0 Å². The number of aromatic nitrogens is 2. The van der Waals surface area contributed by atoms with Crippen LogP contribution >= 0.6 is 31.0 Å². The molecular weight excluding hydrogens is 930 g/mol. The van der Waals surface area contributed by atoms with Gasteiger partial charge in [-0.15, -0.1) is 9.80 Å². The summed E-state index contributed by atoms with van der Waals surface area (Å²) >= 11 is 1.84. The first kappa shape index (κ1) is 39.3. The molecule has 4 heterocycles. The van der Waals surface area contributed by atoms with Crippen molar-refractivity contribution in [1.29, 1.82) is 5.26 Å². The molecule has 4 aromatic heterocycles. The van der Waals surface area contributed by atoms with Gasteiger partial charge in [-0.25, -0.2) is 0 Å². The maximum atomic E-state index is 9.50. The minimum Gasteiger partial charge on any atom is -0.456 e. The normalized spacial score (nSPS) is 11.7. The Kier molecular flexibility index (Phi) is 9.73. The second-order valence-electron chi connectivity index (χ2n) is 16.7. The number of fused-ring (bicyclic) bond motifs is 12. The second-order valence-corrected chi connectivity index (χ2v) is 16.7. The first-order chi connectivity index (χ1) is 32.2. The average molecular weight is 968 g/mol. The van der Waals surface area contributed by atoms with Crippen molar-refractivity contribution in [2.24, 2.45) is 0 Å². The summed E-state index contributed by atoms with van der Waals surface area (Å²) in [6, 6.07) is 69.1. The van der Waals surface area contributed by atoms with Gasteiger partial charge in [0.05, 0.1) is 33.7 Å². The number of aryl methyl sites for hydroxylation is 2. The molecule has 13 aromatic rings. The Bertz CT molecular complexity index is 4040. The molecule has 0 saturated carbocycles. The van der Waals surface area contributed by atoms with Gasteiger partial charge in [-0.3, -0.25) is 0 Å². The summed E-state index contributed by atoms with van der Waals surface area (Å²) in [6.07, 6.45) is 2.86. The predicted molar refractivity (Wildman–Crippen MR) is 281 cm³/mol. The smallest absolute Gasteiger partial charge is 0.143 e. The van der Waals surface area contributed by atoms with E-state index in [1.807, 2.05) is 33.3 Å². The molecule has 310 valence electrons. The van der Waals surface area contributed by atoms with Crippen molar-refractivity contribution >= 4 is 118 Å². The molecule has 0 bridgehead atoms. The molecule has 0 aliphatic rings. The van der Waals surface area contributed by atoms with Gasteiger partial charge in [-0.2, -0.15) is 5.26 Å². The van der Waals surface area contributed by atoms with E-state index in [0.29, 0.717) is 5.56 Å². The van der Waals surface area contributed by atoms with E-state index in [1.54, 1.807) is 6.07 Å². The molecule has 0 atom stereocenters. The van der Waals surface area contributed by atoms with Crippen LogP contribution in [0.3, 0.4) is 0 Å². The van der Waals surface area contributed by atoms with Crippen molar-refractivity contribution in [2.45, 2.75) is 19.3 Å². The number of hydrogen-bond donors (Lipinski definition) is 1. The van der Waals surface area contributed by atoms with E-state index < -0.39 is 0 Å². The number of furan rings is 2. The van der Waals surface area contributed by atoms with Gasteiger partial charge in [0.15, 0.2) is 0 Å². The third-order valence-electron chi connectivity index (χ3n) is 13.1. The molecule has 9 aromatic carbocycles. The summed E-state index contributed by atoms with van der Waals surface area (Å²) in [5.41, 5.74) is 15.8. The van der Waals surface area contributed by atoms with E-state index in [4.69, 9.17) is 8.83 Å². The molecule has 0 aliphatic heterocycles. The molecule has 0 radical (unpaired) electrons. The van der Waals surface area contributed by atoms with Crippen LogP contribution in [0.1, 0.15) is 23.1 Å². The average Bonchev–Trinajstić information content (AvgIpc) is 4.12. The van der Waals surface area contributed by atoms with E-state index >= 15 is 0 Å². The van der Waals surface area contributed by atoms with Crippen LogP contribution in [0.2, 0.25) is 0 Å². The van der Waals surface area contributed by atoms with Crippen LogP contribution in [-0.4, -0.2) is 9.13 Å². The van der Waals surface area contributed by atoms with Crippen LogP contribution < -0.4 is 0 Å². The van der Waals surface area contributed by atoms with Gasteiger partial charge in [-0.1, -0.05) is 103 Å². The number of nitriles is 1. The van der Waals surface area contributed by atoms with Crippen molar-refractivity contribution in [3.8, 4) is 28.6 Å². The molecule has 5 nitrogen and oxygen atoms in total. The highest BCUT2D eigenvalue weighted by atomic mass is 127. The summed E-state index contributed by atoms with van der Waals surface area (Å²) in [5, 5.41) is 18.7. The van der Waals surface area contributed by atoms with E-state index in [2.05, 4.69) is 195 Å². The van der Waals surface area contributed by atoms with Gasteiger partial charge in [-0.05, 0) is 142 Å². The van der Waals surface area contributed by atoms with Crippen molar-refractivity contribution in [3.63, 3.8) is 0 Å². The second kappa shape index (κ2) is 16.1. The Balaban J connectivity index is 0.00000219. The monoisotopic (exact) mass is 967 g/mol. The van der Waals surface area contributed by atoms with Crippen LogP contribution in [0, 0.1) is 11.3 Å². The van der Waals surface area contributed by atoms with Crippen molar-refractivity contribution in [1.82, 2.24) is 9.13 Å². The SMILES string of the molecule is N#Cc1ccc2oc3c(-c4ccc5oc6c(CCCc7ccc8c(c7)c7ccccc7n8-c7ccc8c(c7)c7ccccc7n8-c7ccccc7)cccc6c5c4)cccc3c2c1.SI. The molecular formula is C58H38IN3O2S. The lowest BCUT2D eigenvalue weighted by molar-refractivity contribution is 0.659. The zero-order valence-corrected chi connectivity index (χ0v) is 38.1. The zero-order valence-electron chi connectivity index (χ0n) is 35.0. The molecule has 0 spiro atoms. The highest BCUT2D eigenvalue weighted by molar-refractivity contribution is 14.2. The van der Waals surface area contributed by atoms with Crippen LogP contribution in [0.4, 0.5) is 0 Å². The summed E-state index contributed by atoms with van der Waals surface area (Å²) in [6.45, 7) is 0. The van der Waals surface area contributed by atoms with E-state index in [0.717, 1.165) is 85.6 Å². The van der Waals surface area contributed by atoms with Gasteiger partial charge in [0.1, 0.15) is 22.3 Å². The number of thiol groups is 1. The highest BCUT2D eigenvalue weighted by Crippen LogP contribution is 2.41. The maximum absolute atomic E-state index is 9.50. The quantitative estimate of drug-likeness (QED) is 0.128. The Hall–Kier alpha value is -7.25. The predicted octanol–water partition coefficient (Wildman–Crippen LogP) is 16.7. The zero-order chi connectivity index (χ0) is 43.6. The number of benzene rings is 9. The van der Waals surface area contributed by atoms with E-state index in [9.17, 15) is 5.26 Å². The molecule has 65 heavy (non-hydrogen) atoms. The van der Waals surface area contributed by atoms with Crippen LogP contribution in [0.5, 0.6) is 0 Å². The van der Waals surface area contributed by atoms with E-state index in [-0.39, 0.29) is 0 Å². The molecule has 0 unspecified atom stereocenters. The number of halogens is 1. The standard InChI is InChI=1S/C58H37N3O2.HIS/c59-35-37-24-29-55-49(32-37)46-20-10-18-42(58(46)63-55)39-25-30-56-50(33-39)45-19-9-13-38(57(45)62-56)12-8-11-36-23-27-53-47(31-36)43-16-4-7-22-52(43)61(53)41-26-28-54-48(34-41)44-17-5-6-21-51(44)60(54)40-14-2-1-3-15-40;1-2/h1-7,9-10,13-34H,8,11-12H2;2H. The topological polar surface area (TPSA) is 59.9 Å². The first-order valence-electron chi connectivity index (χ1n) is 21.8. The van der Waals surface area contributed by atoms with Crippen LogP contribution in [0.15, 0.2) is 197 Å². The summed E-state index contributed by atoms with van der Waals surface area (Å²) < 4.78 is 17.8. The van der Waals surface area contributed by atoms with E-state index in [1.165, 1.54) is 54.7 Å². The third-order valence-corrected chi connectivity index (χ3v) is 13.1. The first-order valence-corrected chi connectivity index (χ1v) is 25.0. The van der Waals surface area contributed by atoms with Crippen LogP contribution in [-0.2, 0) is 12.8 Å². The lowest BCUT2D eigenvalue weighted by atomic mass is 9.98. The van der Waals surface area contributed by atoms with Gasteiger partial charge < -0.3 is 18.0 Å². The van der Waals surface area contributed by atoms with Crippen molar-refractivity contribution in [3.05, 3.63) is 205 Å². The fourth-order valence-corrected chi connectivity index (χ4v) is 10.2. The summed E-state index contributed by atoms with van der Waals surface area (Å²) in [7, 11) is 3.50. The number of hydrogen-bond acceptors (Lipinski definition) is 4. The van der Waals surface area contributed by atoms with Crippen molar-refractivity contribution in [2.75, 3.05) is 0 Å². The van der Waals surface area contributed by atoms with Crippen LogP contribution in [0.25, 0.3) is 110 Å². The Morgan fingerprint density at radius 1 is 0.446 bits per heavy atom. The number of nitrogens with zero attached hydrogens (tertiary/aromatic N) is 3. The summed E-state index contributed by atoms with van der Waals surface area (Å²) in [5.74, 6) is 0. The molecule has 0 N–H and O–H groups in total. The molecule has 0 fully saturated rings. The lowest BCUT2D eigenvalue weighted by Crippen LogP contribution is -1.96. The summed E-state index contributed by atoms with van der Waals surface area (Å²) in [4.78, 5) is 0. The minimum atomic E-state index is 0.622. The number of para-hydroxylation sites is 5. The van der Waals surface area contributed by atoms with Gasteiger partial charge in [0, 0.05) is 60.0 Å². The largest absolute Gasteiger partial charge is 0.456 e. The third kappa shape index (κ3) is 6.42. The molecule has 0 aliphatic carbocycles. The fourth-order valence-electron chi connectivity index (χ4n) is 10.2. The minimum absolute atomic E-state index is 0.622. The molecule has 0 saturated heterocycles.